The Labute approximate surface area is 115 Å². The minimum absolute atomic E-state index is 0.445. The Morgan fingerprint density at radius 3 is 2.84 bits per heavy atom. The van der Waals surface area contributed by atoms with E-state index in [1.807, 2.05) is 24.3 Å². The summed E-state index contributed by atoms with van der Waals surface area (Å²) < 4.78 is 5.36. The van der Waals surface area contributed by atoms with E-state index in [2.05, 4.69) is 18.3 Å². The predicted octanol–water partition coefficient (Wildman–Crippen LogP) is 3.97. The van der Waals surface area contributed by atoms with Gasteiger partial charge in [-0.2, -0.15) is 5.26 Å². The van der Waals surface area contributed by atoms with Gasteiger partial charge in [0.2, 0.25) is 0 Å². The maximum absolute atomic E-state index is 9.62. The lowest BCUT2D eigenvalue weighted by molar-refractivity contribution is 0.413. The third-order valence-corrected chi connectivity index (χ3v) is 4.06. The second-order valence-electron chi connectivity index (χ2n) is 5.56. The molecule has 0 bridgehead atoms. The fourth-order valence-electron chi connectivity index (χ4n) is 2.78. The summed E-state index contributed by atoms with van der Waals surface area (Å²) in [5.74, 6) is 1.52. The van der Waals surface area contributed by atoms with Gasteiger partial charge in [-0.15, -0.1) is 0 Å². The van der Waals surface area contributed by atoms with Crippen molar-refractivity contribution in [3.8, 4) is 11.8 Å². The molecule has 0 radical (unpaired) electrons. The highest BCUT2D eigenvalue weighted by Crippen LogP contribution is 2.35. The van der Waals surface area contributed by atoms with Crippen molar-refractivity contribution in [2.75, 3.05) is 12.4 Å². The Morgan fingerprint density at radius 1 is 1.32 bits per heavy atom. The molecule has 0 aromatic heterocycles. The molecular weight excluding hydrogens is 236 g/mol. The van der Waals surface area contributed by atoms with Gasteiger partial charge in [-0.25, -0.2) is 0 Å². The van der Waals surface area contributed by atoms with Gasteiger partial charge in [-0.1, -0.05) is 25.5 Å². The molecular formula is C16H22N2O. The van der Waals surface area contributed by atoms with E-state index >= 15 is 0 Å². The highest BCUT2D eigenvalue weighted by molar-refractivity contribution is 5.58. The van der Waals surface area contributed by atoms with Crippen LogP contribution in [0, 0.1) is 17.2 Å². The van der Waals surface area contributed by atoms with Crippen LogP contribution in [0.25, 0.3) is 0 Å². The lowest BCUT2D eigenvalue weighted by Crippen LogP contribution is -2.36. The molecule has 1 aromatic rings. The van der Waals surface area contributed by atoms with Crippen molar-refractivity contribution < 1.29 is 4.74 Å². The van der Waals surface area contributed by atoms with Gasteiger partial charge in [-0.05, 0) is 43.7 Å². The van der Waals surface area contributed by atoms with Crippen molar-refractivity contribution in [2.45, 2.75) is 44.6 Å². The Kier molecular flexibility index (Phi) is 4.31. The number of hydrogen-bond acceptors (Lipinski definition) is 3. The molecule has 2 atom stereocenters. The number of methoxy groups -OCH3 is 1. The summed E-state index contributed by atoms with van der Waals surface area (Å²) >= 11 is 0. The fraction of sp³-hybridized carbons (Fsp3) is 0.562. The van der Waals surface area contributed by atoms with E-state index in [0.29, 0.717) is 0 Å². The smallest absolute Gasteiger partial charge is 0.141 e. The Morgan fingerprint density at radius 2 is 2.11 bits per heavy atom. The largest absolute Gasteiger partial charge is 0.495 e. The average molecular weight is 258 g/mol. The number of nitrogens with one attached hydrogen (secondary N) is 1. The van der Waals surface area contributed by atoms with Gasteiger partial charge < -0.3 is 10.1 Å². The highest BCUT2D eigenvalue weighted by Gasteiger charge is 2.32. The van der Waals surface area contributed by atoms with E-state index in [9.17, 15) is 5.26 Å². The molecule has 0 heterocycles. The van der Waals surface area contributed by atoms with Gasteiger partial charge in [0.1, 0.15) is 11.3 Å². The third kappa shape index (κ3) is 3.20. The topological polar surface area (TPSA) is 45.0 Å². The van der Waals surface area contributed by atoms with E-state index in [-0.39, 0.29) is 0 Å². The normalized spacial score (nSPS) is 27.1. The van der Waals surface area contributed by atoms with Crippen LogP contribution < -0.4 is 10.1 Å². The summed E-state index contributed by atoms with van der Waals surface area (Å²) in [6, 6.07) is 10.3. The van der Waals surface area contributed by atoms with E-state index in [0.717, 1.165) is 43.0 Å². The third-order valence-electron chi connectivity index (χ3n) is 4.06. The number of ether oxygens (including phenoxy) is 1. The van der Waals surface area contributed by atoms with Crippen LogP contribution in [0.5, 0.6) is 5.75 Å². The summed E-state index contributed by atoms with van der Waals surface area (Å²) in [6.07, 6.45) is 5.25. The van der Waals surface area contributed by atoms with Crippen LogP contribution in [-0.2, 0) is 0 Å². The first-order valence-corrected chi connectivity index (χ1v) is 7.01. The van der Waals surface area contributed by atoms with E-state index < -0.39 is 5.54 Å². The van der Waals surface area contributed by atoms with Crippen LogP contribution in [0.15, 0.2) is 24.3 Å². The molecule has 1 fully saturated rings. The van der Waals surface area contributed by atoms with Crippen LogP contribution in [0.4, 0.5) is 5.69 Å². The minimum atomic E-state index is -0.445. The molecule has 2 rings (SSSR count). The molecule has 0 spiro atoms. The molecule has 1 saturated carbocycles. The van der Waals surface area contributed by atoms with E-state index in [1.54, 1.807) is 7.11 Å². The molecule has 1 N–H and O–H groups in total. The Bertz CT molecular complexity index is 466. The van der Waals surface area contributed by atoms with Crippen LogP contribution in [0.3, 0.4) is 0 Å². The number of anilines is 1. The van der Waals surface area contributed by atoms with E-state index in [4.69, 9.17) is 4.74 Å². The second kappa shape index (κ2) is 5.97. The molecule has 19 heavy (non-hydrogen) atoms. The van der Waals surface area contributed by atoms with Crippen molar-refractivity contribution in [2.24, 2.45) is 5.92 Å². The standard InChI is InChI=1S/C16H22N2O/c1-13-6-5-10-16(12-17,11-9-13)18-14-7-3-4-8-15(14)19-2/h3-4,7-8,13,18H,5-6,9-11H2,1-2H3. The molecule has 3 heteroatoms. The maximum atomic E-state index is 9.62. The fourth-order valence-corrected chi connectivity index (χ4v) is 2.78. The van der Waals surface area contributed by atoms with Gasteiger partial charge in [0.05, 0.1) is 18.9 Å². The van der Waals surface area contributed by atoms with Crippen molar-refractivity contribution in [1.82, 2.24) is 0 Å². The lowest BCUT2D eigenvalue weighted by atomic mass is 9.91. The van der Waals surface area contributed by atoms with Gasteiger partial charge in [-0.3, -0.25) is 0 Å². The van der Waals surface area contributed by atoms with Gasteiger partial charge in [0, 0.05) is 0 Å². The molecule has 0 saturated heterocycles. The number of para-hydroxylation sites is 2. The zero-order valence-electron chi connectivity index (χ0n) is 11.8. The number of benzene rings is 1. The number of rotatable bonds is 3. The molecule has 0 aliphatic heterocycles. The first-order chi connectivity index (χ1) is 9.19. The molecule has 1 aromatic carbocycles. The van der Waals surface area contributed by atoms with Crippen LogP contribution in [-0.4, -0.2) is 12.6 Å². The van der Waals surface area contributed by atoms with Crippen molar-refractivity contribution >= 4 is 5.69 Å². The molecule has 102 valence electrons. The lowest BCUT2D eigenvalue weighted by Gasteiger charge is -2.28. The van der Waals surface area contributed by atoms with Crippen molar-refractivity contribution in [3.05, 3.63) is 24.3 Å². The zero-order chi connectivity index (χ0) is 13.7. The van der Waals surface area contributed by atoms with Gasteiger partial charge in [0.15, 0.2) is 0 Å². The molecule has 2 unspecified atom stereocenters. The van der Waals surface area contributed by atoms with Crippen LogP contribution in [0.1, 0.15) is 39.0 Å². The first kappa shape index (κ1) is 13.7. The monoisotopic (exact) mass is 258 g/mol. The molecule has 1 aliphatic rings. The summed E-state index contributed by atoms with van der Waals surface area (Å²) in [5, 5.41) is 13.1. The first-order valence-electron chi connectivity index (χ1n) is 7.01. The number of nitriles is 1. The minimum Gasteiger partial charge on any atom is -0.495 e. The average Bonchev–Trinajstić information content (AvgIpc) is 2.62. The SMILES string of the molecule is COc1ccccc1NC1(C#N)CCCC(C)CC1. The summed E-state index contributed by atoms with van der Waals surface area (Å²) in [7, 11) is 1.66. The van der Waals surface area contributed by atoms with Crippen molar-refractivity contribution in [3.63, 3.8) is 0 Å². The summed E-state index contributed by atoms with van der Waals surface area (Å²) in [5.41, 5.74) is 0.473. The zero-order valence-corrected chi connectivity index (χ0v) is 11.8. The second-order valence-corrected chi connectivity index (χ2v) is 5.56. The maximum Gasteiger partial charge on any atom is 0.141 e. The van der Waals surface area contributed by atoms with Gasteiger partial charge >= 0.3 is 0 Å². The number of hydrogen-bond donors (Lipinski definition) is 1. The summed E-state index contributed by atoms with van der Waals surface area (Å²) in [6.45, 7) is 2.27. The number of nitrogens with zero attached hydrogens (tertiary/aromatic N) is 1. The van der Waals surface area contributed by atoms with Crippen LogP contribution in [0.2, 0.25) is 0 Å². The molecule has 3 nitrogen and oxygen atoms in total. The van der Waals surface area contributed by atoms with Crippen molar-refractivity contribution in [1.29, 1.82) is 5.26 Å². The Balaban J connectivity index is 2.20. The summed E-state index contributed by atoms with van der Waals surface area (Å²) in [4.78, 5) is 0. The van der Waals surface area contributed by atoms with Gasteiger partial charge in [0.25, 0.3) is 0 Å². The molecule has 0 amide bonds. The molecule has 1 aliphatic carbocycles. The highest BCUT2D eigenvalue weighted by atomic mass is 16.5. The van der Waals surface area contributed by atoms with E-state index in [1.165, 1.54) is 6.42 Å². The quantitative estimate of drug-likeness (QED) is 0.834. The van der Waals surface area contributed by atoms with Crippen LogP contribution >= 0.6 is 0 Å². The predicted molar refractivity (Wildman–Crippen MR) is 77.2 cm³/mol. The Hall–Kier alpha value is -1.69.